The third-order valence-corrected chi connectivity index (χ3v) is 8.17. The maximum absolute atomic E-state index is 12.7. The molecule has 2 fully saturated rings. The number of carbonyl (C=O) groups is 1. The lowest BCUT2D eigenvalue weighted by atomic mass is 9.86. The average molecular weight is 481 g/mol. The molecule has 36 heavy (non-hydrogen) atoms. The molecule has 2 bridgehead atoms. The number of benzene rings is 2. The van der Waals surface area contributed by atoms with Crippen LogP contribution in [0.1, 0.15) is 47.2 Å². The van der Waals surface area contributed by atoms with Crippen LogP contribution < -0.4 is 10.6 Å². The van der Waals surface area contributed by atoms with Crippen LogP contribution in [0.15, 0.2) is 60.8 Å². The summed E-state index contributed by atoms with van der Waals surface area (Å²) in [6.07, 6.45) is 4.40. The Morgan fingerprint density at radius 2 is 1.72 bits per heavy atom. The fraction of sp³-hybridized carbons (Fsp3) is 0.345. The number of anilines is 1. The van der Waals surface area contributed by atoms with Crippen molar-refractivity contribution in [1.29, 1.82) is 0 Å². The number of aryl methyl sites for hydroxylation is 1. The highest BCUT2D eigenvalue weighted by Gasteiger charge is 2.37. The monoisotopic (exact) mass is 480 g/mol. The molecule has 2 aliphatic rings. The normalized spacial score (nSPS) is 20.7. The number of nitrogens with zero attached hydrogens (tertiary/aromatic N) is 5. The molecule has 0 aliphatic carbocycles. The number of nitrogens with two attached hydrogens (primary N) is 1. The molecule has 7 heteroatoms. The van der Waals surface area contributed by atoms with Gasteiger partial charge in [-0.15, -0.1) is 0 Å². The summed E-state index contributed by atoms with van der Waals surface area (Å²) < 4.78 is 1.78. The van der Waals surface area contributed by atoms with Gasteiger partial charge in [-0.3, -0.25) is 14.4 Å². The molecule has 4 aromatic rings. The molecule has 0 saturated carbocycles. The highest BCUT2D eigenvalue weighted by Crippen LogP contribution is 2.37. The summed E-state index contributed by atoms with van der Waals surface area (Å²) in [6, 6.07) is 19.6. The highest BCUT2D eigenvalue weighted by molar-refractivity contribution is 5.96. The first kappa shape index (κ1) is 22.7. The van der Waals surface area contributed by atoms with Crippen LogP contribution in [-0.2, 0) is 7.05 Å². The lowest BCUT2D eigenvalue weighted by molar-refractivity contribution is 0.0999. The summed E-state index contributed by atoms with van der Waals surface area (Å²) in [5, 5.41) is 5.63. The molecule has 2 unspecified atom stereocenters. The number of pyridine rings is 1. The average Bonchev–Trinajstić information content (AvgIpc) is 3.39. The van der Waals surface area contributed by atoms with E-state index in [4.69, 9.17) is 10.7 Å². The van der Waals surface area contributed by atoms with Gasteiger partial charge >= 0.3 is 0 Å². The molecule has 2 N–H and O–H groups in total. The zero-order valence-corrected chi connectivity index (χ0v) is 21.1. The third-order valence-electron chi connectivity index (χ3n) is 8.17. The minimum atomic E-state index is -0.390. The van der Waals surface area contributed by atoms with Gasteiger partial charge in [0.25, 0.3) is 0 Å². The van der Waals surface area contributed by atoms with Crippen LogP contribution in [0.2, 0.25) is 0 Å². The lowest BCUT2D eigenvalue weighted by Gasteiger charge is -2.40. The summed E-state index contributed by atoms with van der Waals surface area (Å²) in [7, 11) is 4.14. The second-order valence-corrected chi connectivity index (χ2v) is 10.3. The minimum Gasteiger partial charge on any atom is -0.368 e. The smallest absolute Gasteiger partial charge is 0.249 e. The molecule has 3 atom stereocenters. The van der Waals surface area contributed by atoms with Crippen LogP contribution in [0.25, 0.3) is 22.3 Å². The summed E-state index contributed by atoms with van der Waals surface area (Å²) in [5.74, 6) is -0.445. The molecular weight excluding hydrogens is 448 g/mol. The molecule has 0 spiro atoms. The van der Waals surface area contributed by atoms with Crippen LogP contribution in [-0.4, -0.2) is 57.8 Å². The van der Waals surface area contributed by atoms with Gasteiger partial charge in [0, 0.05) is 61.0 Å². The van der Waals surface area contributed by atoms with Crippen LogP contribution in [0, 0.1) is 0 Å². The van der Waals surface area contributed by atoms with Gasteiger partial charge in [0.2, 0.25) is 5.91 Å². The molecule has 184 valence electrons. The molecule has 6 rings (SSSR count). The number of amides is 1. The van der Waals surface area contributed by atoms with Gasteiger partial charge in [-0.05, 0) is 61.3 Å². The van der Waals surface area contributed by atoms with Crippen molar-refractivity contribution in [1.82, 2.24) is 19.7 Å². The molecule has 4 heterocycles. The van der Waals surface area contributed by atoms with E-state index in [1.54, 1.807) is 4.68 Å². The maximum atomic E-state index is 12.7. The second-order valence-electron chi connectivity index (χ2n) is 10.3. The largest absolute Gasteiger partial charge is 0.368 e. The fourth-order valence-electron chi connectivity index (χ4n) is 6.07. The van der Waals surface area contributed by atoms with Gasteiger partial charge in [-0.1, -0.05) is 31.2 Å². The minimum absolute atomic E-state index is 0.0550. The number of primary amides is 1. The topological polar surface area (TPSA) is 80.3 Å². The van der Waals surface area contributed by atoms with E-state index in [0.29, 0.717) is 17.6 Å². The number of aromatic nitrogens is 3. The van der Waals surface area contributed by atoms with E-state index in [2.05, 4.69) is 53.1 Å². The van der Waals surface area contributed by atoms with Crippen molar-refractivity contribution in [3.8, 4) is 11.4 Å². The first-order valence-corrected chi connectivity index (χ1v) is 12.7. The van der Waals surface area contributed by atoms with E-state index >= 15 is 0 Å². The number of carbonyl (C=O) groups excluding carboxylic acids is 1. The number of para-hydroxylation sites is 1. The van der Waals surface area contributed by atoms with Crippen LogP contribution in [0.5, 0.6) is 0 Å². The Labute approximate surface area is 211 Å². The number of likely N-dealkylation sites (N-methyl/N-ethyl adjacent to an activating group) is 1. The SMILES string of the molecule is C[C@@H](c1ccc(N2CC3CCC(C2)N3C)cc1C(N)=O)c1cc(-c2ccn(C)n2)nc2ccccc12. The maximum Gasteiger partial charge on any atom is 0.249 e. The Morgan fingerprint density at radius 3 is 2.42 bits per heavy atom. The number of fused-ring (bicyclic) bond motifs is 3. The molecule has 2 aromatic carbocycles. The zero-order valence-electron chi connectivity index (χ0n) is 21.1. The predicted molar refractivity (Wildman–Crippen MR) is 143 cm³/mol. The zero-order chi connectivity index (χ0) is 25.0. The number of hydrogen-bond acceptors (Lipinski definition) is 5. The Hall–Kier alpha value is -3.71. The van der Waals surface area contributed by atoms with E-state index in [9.17, 15) is 4.79 Å². The van der Waals surface area contributed by atoms with Crippen LogP contribution >= 0.6 is 0 Å². The summed E-state index contributed by atoms with van der Waals surface area (Å²) >= 11 is 0. The Bertz CT molecular complexity index is 1450. The third kappa shape index (κ3) is 3.84. The van der Waals surface area contributed by atoms with Gasteiger partial charge in [-0.25, -0.2) is 4.98 Å². The number of piperazine rings is 1. The Morgan fingerprint density at radius 1 is 0.972 bits per heavy atom. The van der Waals surface area contributed by atoms with Gasteiger partial charge in [-0.2, -0.15) is 5.10 Å². The summed E-state index contributed by atoms with van der Waals surface area (Å²) in [6.45, 7) is 4.12. The summed E-state index contributed by atoms with van der Waals surface area (Å²) in [5.41, 5.74) is 12.2. The first-order valence-electron chi connectivity index (χ1n) is 12.7. The van der Waals surface area contributed by atoms with Gasteiger partial charge in [0.15, 0.2) is 0 Å². The molecular formula is C29H32N6O. The highest BCUT2D eigenvalue weighted by atomic mass is 16.1. The van der Waals surface area contributed by atoms with E-state index < -0.39 is 0 Å². The van der Waals surface area contributed by atoms with Crippen molar-refractivity contribution in [2.45, 2.75) is 37.8 Å². The van der Waals surface area contributed by atoms with Crippen molar-refractivity contribution < 1.29 is 4.79 Å². The Balaban J connectivity index is 1.42. The summed E-state index contributed by atoms with van der Waals surface area (Å²) in [4.78, 5) is 22.5. The molecule has 1 amide bonds. The van der Waals surface area contributed by atoms with E-state index in [1.807, 2.05) is 43.6 Å². The van der Waals surface area contributed by atoms with E-state index in [0.717, 1.165) is 52.2 Å². The van der Waals surface area contributed by atoms with Crippen molar-refractivity contribution >= 4 is 22.5 Å². The quantitative estimate of drug-likeness (QED) is 0.464. The van der Waals surface area contributed by atoms with Crippen molar-refractivity contribution in [3.05, 3.63) is 77.5 Å². The fourth-order valence-corrected chi connectivity index (χ4v) is 6.07. The first-order chi connectivity index (χ1) is 17.4. The van der Waals surface area contributed by atoms with Gasteiger partial charge in [0.05, 0.1) is 11.2 Å². The molecule has 2 saturated heterocycles. The van der Waals surface area contributed by atoms with Crippen LogP contribution in [0.4, 0.5) is 5.69 Å². The number of hydrogen-bond donors (Lipinski definition) is 1. The molecule has 2 aliphatic heterocycles. The number of rotatable bonds is 5. The standard InChI is InChI=1S/C29H32N6O/c1-18(24-15-28(27-12-13-33(2)32-27)31-26-7-5-4-6-23(24)26)22-11-10-19(14-25(22)29(30)36)35-16-20-8-9-21(17-35)34(20)3/h4-7,10-15,18,20-21H,8-9,16-17H2,1-3H3,(H2,30,36)/t18-,20?,21?/m0/s1. The van der Waals surface area contributed by atoms with Gasteiger partial charge in [0.1, 0.15) is 5.69 Å². The molecule has 0 radical (unpaired) electrons. The lowest BCUT2D eigenvalue weighted by Crippen LogP contribution is -2.52. The van der Waals surface area contributed by atoms with Crippen molar-refractivity contribution in [3.63, 3.8) is 0 Å². The van der Waals surface area contributed by atoms with E-state index in [1.165, 1.54) is 12.8 Å². The van der Waals surface area contributed by atoms with Gasteiger partial charge < -0.3 is 10.6 Å². The second kappa shape index (κ2) is 8.75. The molecule has 2 aromatic heterocycles. The van der Waals surface area contributed by atoms with Crippen molar-refractivity contribution in [2.24, 2.45) is 12.8 Å². The van der Waals surface area contributed by atoms with Crippen molar-refractivity contribution in [2.75, 3.05) is 25.0 Å². The van der Waals surface area contributed by atoms with Crippen LogP contribution in [0.3, 0.4) is 0 Å². The predicted octanol–water partition coefficient (Wildman–Crippen LogP) is 4.17. The van der Waals surface area contributed by atoms with E-state index in [-0.39, 0.29) is 11.8 Å². The molecule has 7 nitrogen and oxygen atoms in total. The Kier molecular flexibility index (Phi) is 5.52.